The van der Waals surface area contributed by atoms with E-state index in [4.69, 9.17) is 0 Å². The van der Waals surface area contributed by atoms with Gasteiger partial charge in [0, 0.05) is 5.69 Å². The van der Waals surface area contributed by atoms with E-state index < -0.39 is 22.0 Å². The number of benzene rings is 2. The molecule has 3 rings (SSSR count). The number of thiophene rings is 1. The number of hydrogen-bond donors (Lipinski definition) is 2. The fraction of sp³-hybridized carbons (Fsp3) is 0.190. The van der Waals surface area contributed by atoms with Gasteiger partial charge in [-0.15, -0.1) is 11.3 Å². The summed E-state index contributed by atoms with van der Waals surface area (Å²) in [5.74, 6) is -0.391. The molecule has 0 fully saturated rings. The fourth-order valence-corrected chi connectivity index (χ4v) is 5.00. The normalized spacial score (nSPS) is 12.5. The Morgan fingerprint density at radius 1 is 1.00 bits per heavy atom. The lowest BCUT2D eigenvalue weighted by molar-refractivity contribution is -0.117. The zero-order valence-electron chi connectivity index (χ0n) is 15.5. The van der Waals surface area contributed by atoms with E-state index >= 15 is 0 Å². The molecule has 0 radical (unpaired) electrons. The summed E-state index contributed by atoms with van der Waals surface area (Å²) in [5.41, 5.74) is 2.62. The maximum atomic E-state index is 12.9. The van der Waals surface area contributed by atoms with Crippen LogP contribution in [0.3, 0.4) is 0 Å². The molecule has 0 unspecified atom stereocenters. The fourth-order valence-electron chi connectivity index (χ4n) is 2.80. The van der Waals surface area contributed by atoms with Crippen molar-refractivity contribution in [3.63, 3.8) is 0 Å². The van der Waals surface area contributed by atoms with Gasteiger partial charge < -0.3 is 5.32 Å². The number of nitrogens with one attached hydrogen (secondary N) is 2. The summed E-state index contributed by atoms with van der Waals surface area (Å²) in [6.07, 6.45) is 1.10. The van der Waals surface area contributed by atoms with Gasteiger partial charge in [0.25, 0.3) is 10.0 Å². The summed E-state index contributed by atoms with van der Waals surface area (Å²) in [4.78, 5) is 12.9. The Morgan fingerprint density at radius 3 is 2.43 bits per heavy atom. The molecule has 28 heavy (non-hydrogen) atoms. The number of rotatable bonds is 8. The lowest BCUT2D eigenvalue weighted by Crippen LogP contribution is -2.45. The van der Waals surface area contributed by atoms with Gasteiger partial charge in [-0.1, -0.05) is 55.5 Å². The minimum absolute atomic E-state index is 0.186. The number of anilines is 1. The van der Waals surface area contributed by atoms with Gasteiger partial charge in [0.15, 0.2) is 0 Å². The molecule has 2 N–H and O–H groups in total. The molecule has 0 aliphatic rings. The summed E-state index contributed by atoms with van der Waals surface area (Å²) in [6, 6.07) is 19.2. The number of aryl methyl sites for hydroxylation is 1. The van der Waals surface area contributed by atoms with Crippen LogP contribution < -0.4 is 10.0 Å². The minimum Gasteiger partial charge on any atom is -0.325 e. The van der Waals surface area contributed by atoms with Crippen LogP contribution in [0.25, 0.3) is 0 Å². The van der Waals surface area contributed by atoms with E-state index in [1.54, 1.807) is 17.5 Å². The molecule has 7 heteroatoms. The lowest BCUT2D eigenvalue weighted by atomic mass is 10.1. The zero-order chi connectivity index (χ0) is 20.0. The van der Waals surface area contributed by atoms with Gasteiger partial charge in [0.1, 0.15) is 10.3 Å². The van der Waals surface area contributed by atoms with E-state index in [2.05, 4.69) is 10.0 Å². The predicted molar refractivity (Wildman–Crippen MR) is 113 cm³/mol. The highest BCUT2D eigenvalue weighted by molar-refractivity contribution is 7.91. The van der Waals surface area contributed by atoms with E-state index in [0.717, 1.165) is 28.9 Å². The first-order valence-corrected chi connectivity index (χ1v) is 11.3. The van der Waals surface area contributed by atoms with Gasteiger partial charge in [-0.05, 0) is 47.5 Å². The highest BCUT2D eigenvalue weighted by atomic mass is 32.2. The monoisotopic (exact) mass is 414 g/mol. The Bertz CT molecular complexity index is 1020. The van der Waals surface area contributed by atoms with Gasteiger partial charge >= 0.3 is 0 Å². The lowest BCUT2D eigenvalue weighted by Gasteiger charge is -2.18. The zero-order valence-corrected chi connectivity index (χ0v) is 17.1. The van der Waals surface area contributed by atoms with Gasteiger partial charge in [-0.25, -0.2) is 8.42 Å². The van der Waals surface area contributed by atoms with Crippen molar-refractivity contribution in [3.8, 4) is 0 Å². The average Bonchev–Trinajstić information content (AvgIpc) is 3.24. The van der Waals surface area contributed by atoms with Crippen LogP contribution in [0.15, 0.2) is 76.3 Å². The van der Waals surface area contributed by atoms with Crippen LogP contribution in [0.2, 0.25) is 0 Å². The second kappa shape index (κ2) is 9.14. The first kappa shape index (κ1) is 20.3. The average molecular weight is 415 g/mol. The molecular formula is C21H22N2O3S2. The van der Waals surface area contributed by atoms with Crippen molar-refractivity contribution < 1.29 is 13.2 Å². The van der Waals surface area contributed by atoms with Crippen molar-refractivity contribution >= 4 is 33.0 Å². The van der Waals surface area contributed by atoms with Crippen LogP contribution in [0.1, 0.15) is 18.1 Å². The Kier molecular flexibility index (Phi) is 6.61. The SMILES string of the molecule is CCc1cccc(NC(=O)[C@H](Cc2ccccc2)NS(=O)(=O)c2cccs2)c1. The second-order valence-corrected chi connectivity index (χ2v) is 9.23. The summed E-state index contributed by atoms with van der Waals surface area (Å²) in [5, 5.41) is 4.53. The Hall–Kier alpha value is -2.48. The third kappa shape index (κ3) is 5.28. The molecule has 0 bridgehead atoms. The summed E-state index contributed by atoms with van der Waals surface area (Å²) in [6.45, 7) is 2.04. The molecule has 2 aromatic carbocycles. The predicted octanol–water partition coefficient (Wildman–Crippen LogP) is 3.84. The minimum atomic E-state index is -3.78. The molecule has 0 aliphatic carbocycles. The molecule has 1 amide bonds. The van der Waals surface area contributed by atoms with E-state index in [0.29, 0.717) is 5.69 Å². The van der Waals surface area contributed by atoms with Gasteiger partial charge in [-0.2, -0.15) is 4.72 Å². The number of carbonyl (C=O) groups excluding carboxylic acids is 1. The molecule has 3 aromatic rings. The van der Waals surface area contributed by atoms with Crippen molar-refractivity contribution in [2.45, 2.75) is 30.0 Å². The van der Waals surface area contributed by atoms with E-state index in [-0.39, 0.29) is 10.6 Å². The molecule has 1 heterocycles. The van der Waals surface area contributed by atoms with Crippen LogP contribution in [-0.2, 0) is 27.7 Å². The van der Waals surface area contributed by atoms with Crippen LogP contribution in [0, 0.1) is 0 Å². The molecule has 5 nitrogen and oxygen atoms in total. The number of hydrogen-bond acceptors (Lipinski definition) is 4. The maximum absolute atomic E-state index is 12.9. The number of carbonyl (C=O) groups is 1. The number of amides is 1. The van der Waals surface area contributed by atoms with E-state index in [9.17, 15) is 13.2 Å². The van der Waals surface area contributed by atoms with Crippen LogP contribution >= 0.6 is 11.3 Å². The molecule has 0 saturated heterocycles. The first-order valence-electron chi connectivity index (χ1n) is 8.97. The summed E-state index contributed by atoms with van der Waals surface area (Å²) in [7, 11) is -3.78. The van der Waals surface area contributed by atoms with Gasteiger partial charge in [0.2, 0.25) is 5.91 Å². The first-order chi connectivity index (χ1) is 13.5. The van der Waals surface area contributed by atoms with E-state index in [1.165, 1.54) is 6.07 Å². The highest BCUT2D eigenvalue weighted by Crippen LogP contribution is 2.18. The van der Waals surface area contributed by atoms with Crippen molar-refractivity contribution in [3.05, 3.63) is 83.2 Å². The topological polar surface area (TPSA) is 75.3 Å². The third-order valence-corrected chi connectivity index (χ3v) is 7.13. The van der Waals surface area contributed by atoms with Gasteiger partial charge in [-0.3, -0.25) is 4.79 Å². The molecule has 0 spiro atoms. The quantitative estimate of drug-likeness (QED) is 0.588. The molecule has 1 atom stereocenters. The largest absolute Gasteiger partial charge is 0.325 e. The Labute approximate surface area is 169 Å². The highest BCUT2D eigenvalue weighted by Gasteiger charge is 2.26. The maximum Gasteiger partial charge on any atom is 0.250 e. The van der Waals surface area contributed by atoms with Crippen molar-refractivity contribution in [1.82, 2.24) is 4.72 Å². The second-order valence-electron chi connectivity index (χ2n) is 6.34. The summed E-state index contributed by atoms with van der Waals surface area (Å²) < 4.78 is 28.1. The summed E-state index contributed by atoms with van der Waals surface area (Å²) >= 11 is 1.12. The molecule has 146 valence electrons. The molecule has 0 aliphatic heterocycles. The Balaban J connectivity index is 1.83. The third-order valence-electron chi connectivity index (χ3n) is 4.26. The molecule has 1 aromatic heterocycles. The van der Waals surface area contributed by atoms with Crippen molar-refractivity contribution in [2.75, 3.05) is 5.32 Å². The standard InChI is InChI=1S/C21H22N2O3S2/c1-2-16-10-6-11-18(14-16)22-21(24)19(15-17-8-4-3-5-9-17)23-28(25,26)20-12-7-13-27-20/h3-14,19,23H,2,15H2,1H3,(H,22,24)/t19-/m0/s1. The van der Waals surface area contributed by atoms with Crippen LogP contribution in [-0.4, -0.2) is 20.4 Å². The van der Waals surface area contributed by atoms with Crippen molar-refractivity contribution in [2.24, 2.45) is 0 Å². The van der Waals surface area contributed by atoms with Crippen LogP contribution in [0.5, 0.6) is 0 Å². The Morgan fingerprint density at radius 2 is 1.75 bits per heavy atom. The molecular weight excluding hydrogens is 392 g/mol. The van der Waals surface area contributed by atoms with Crippen molar-refractivity contribution in [1.29, 1.82) is 0 Å². The smallest absolute Gasteiger partial charge is 0.250 e. The van der Waals surface area contributed by atoms with E-state index in [1.807, 2.05) is 55.5 Å². The number of sulfonamides is 1. The molecule has 0 saturated carbocycles. The van der Waals surface area contributed by atoms with Crippen LogP contribution in [0.4, 0.5) is 5.69 Å². The van der Waals surface area contributed by atoms with Gasteiger partial charge in [0.05, 0.1) is 0 Å².